The fraction of sp³-hybridized carbons (Fsp3) is 0.625. The van der Waals surface area contributed by atoms with Gasteiger partial charge in [-0.3, -0.25) is 18.6 Å². The van der Waals surface area contributed by atoms with Gasteiger partial charge >= 0.3 is 19.8 Å². The van der Waals surface area contributed by atoms with Gasteiger partial charge in [-0.1, -0.05) is 137 Å². The number of hydrogen-bond acceptors (Lipinski definition) is 9. The number of nitrogens with zero attached hydrogens (tertiary/aromatic N) is 1. The van der Waals surface area contributed by atoms with Crippen molar-refractivity contribution in [1.82, 2.24) is 0 Å². The Balaban J connectivity index is 4.74. The Kier molecular flexibility index (Phi) is 36.7. The molecule has 0 aromatic rings. The number of carbonyl (C=O) groups is 2. The van der Waals surface area contributed by atoms with Crippen LogP contribution in [0.25, 0.3) is 0 Å². The van der Waals surface area contributed by atoms with Crippen LogP contribution in [0, 0.1) is 0 Å². The molecule has 60 heavy (non-hydrogen) atoms. The van der Waals surface area contributed by atoms with Gasteiger partial charge in [0, 0.05) is 12.8 Å². The maximum atomic E-state index is 12.7. The molecule has 0 bridgehead atoms. The second-order valence-electron chi connectivity index (χ2n) is 15.8. The number of quaternary nitrogens is 1. The van der Waals surface area contributed by atoms with Gasteiger partial charge in [-0.2, -0.15) is 0 Å². The summed E-state index contributed by atoms with van der Waals surface area (Å²) in [6.07, 6.45) is 43.8. The average molecular weight is 863 g/mol. The van der Waals surface area contributed by atoms with Crippen molar-refractivity contribution in [3.63, 3.8) is 0 Å². The van der Waals surface area contributed by atoms with Crippen LogP contribution in [0.3, 0.4) is 0 Å². The fourth-order valence-corrected chi connectivity index (χ4v) is 5.94. The van der Waals surface area contributed by atoms with Crippen LogP contribution in [-0.4, -0.2) is 97.3 Å². The second-order valence-corrected chi connectivity index (χ2v) is 17.2. The van der Waals surface area contributed by atoms with Gasteiger partial charge in [0.2, 0.25) is 0 Å². The fourth-order valence-electron chi connectivity index (χ4n) is 5.20. The van der Waals surface area contributed by atoms with E-state index >= 15 is 0 Å². The molecular formula is C48H81NO10P+. The summed E-state index contributed by atoms with van der Waals surface area (Å²) in [6.45, 7) is 3.95. The largest absolute Gasteiger partial charge is 0.472 e. The van der Waals surface area contributed by atoms with Crippen molar-refractivity contribution in [2.45, 2.75) is 148 Å². The number of rotatable bonds is 38. The highest BCUT2D eigenvalue weighted by Gasteiger charge is 2.27. The summed E-state index contributed by atoms with van der Waals surface area (Å²) in [7, 11) is 1.27. The van der Waals surface area contributed by atoms with E-state index in [2.05, 4.69) is 62.5 Å². The number of allylic oxidation sites excluding steroid dienone is 13. The van der Waals surface area contributed by atoms with Crippen molar-refractivity contribution in [1.29, 1.82) is 0 Å². The van der Waals surface area contributed by atoms with Gasteiger partial charge < -0.3 is 29.1 Å². The summed E-state index contributed by atoms with van der Waals surface area (Å²) in [6, 6.07) is 0. The molecule has 0 rings (SSSR count). The van der Waals surface area contributed by atoms with E-state index in [1.807, 2.05) is 33.3 Å². The zero-order chi connectivity index (χ0) is 44.6. The minimum Gasteiger partial charge on any atom is -0.462 e. The molecule has 3 N–H and O–H groups in total. The molecule has 0 aliphatic carbocycles. The lowest BCUT2D eigenvalue weighted by atomic mass is 10.1. The van der Waals surface area contributed by atoms with Crippen molar-refractivity contribution in [2.75, 3.05) is 47.5 Å². The third kappa shape index (κ3) is 41.6. The predicted octanol–water partition coefficient (Wildman–Crippen LogP) is 10.5. The van der Waals surface area contributed by atoms with Gasteiger partial charge in [-0.15, -0.1) is 0 Å². The first kappa shape index (κ1) is 56.9. The highest BCUT2D eigenvalue weighted by atomic mass is 31.2. The number of likely N-dealkylation sites (N-methyl/N-ethyl adjacent to an activating group) is 1. The van der Waals surface area contributed by atoms with E-state index in [1.54, 1.807) is 36.5 Å². The van der Waals surface area contributed by atoms with Crippen molar-refractivity contribution < 1.29 is 52.3 Å². The van der Waals surface area contributed by atoms with E-state index in [9.17, 15) is 29.3 Å². The number of esters is 2. The van der Waals surface area contributed by atoms with Crippen LogP contribution in [0.1, 0.15) is 129 Å². The van der Waals surface area contributed by atoms with Crippen LogP contribution in [0.5, 0.6) is 0 Å². The maximum absolute atomic E-state index is 12.7. The van der Waals surface area contributed by atoms with Gasteiger partial charge in [0.25, 0.3) is 0 Å². The number of ether oxygens (including phenoxy) is 2. The monoisotopic (exact) mass is 863 g/mol. The molecule has 0 aliphatic rings. The van der Waals surface area contributed by atoms with E-state index in [-0.39, 0.29) is 26.1 Å². The number of unbranched alkanes of at least 4 members (excludes halogenated alkanes) is 7. The molecule has 0 saturated heterocycles. The normalized spacial score (nSPS) is 15.5. The minimum absolute atomic E-state index is 0.0281. The summed E-state index contributed by atoms with van der Waals surface area (Å²) in [5, 5.41) is 20.4. The number of aliphatic hydroxyl groups is 2. The van der Waals surface area contributed by atoms with Crippen LogP contribution in [0.2, 0.25) is 0 Å². The first-order chi connectivity index (χ1) is 28.8. The van der Waals surface area contributed by atoms with E-state index in [1.165, 1.54) is 32.1 Å². The Labute approximate surface area is 363 Å². The van der Waals surface area contributed by atoms with E-state index in [0.29, 0.717) is 43.1 Å². The third-order valence-electron chi connectivity index (χ3n) is 8.78. The molecule has 0 aromatic heterocycles. The Morgan fingerprint density at radius 3 is 1.70 bits per heavy atom. The number of aliphatic hydroxyl groups excluding tert-OH is 2. The van der Waals surface area contributed by atoms with Crippen molar-refractivity contribution in [2.24, 2.45) is 0 Å². The minimum atomic E-state index is -4.46. The standard InChI is InChI=1S/C48H80NO10P/c1-6-8-10-12-14-15-16-17-18-19-20-21-22-23-24-26-32-38-47(52)56-42-46(43-58-60(54,55)57-41-40-49(3,4)5)59-48(53)39-33-37-45(51)36-31-28-27-30-35-44(50)34-29-25-13-11-9-7-2/h14-15,17-18,20-21,23-25,27-31,35-36,44-46,50-51H,6-13,16,19,22,26,32-34,37-43H2,1-5H3/p+1/b15-14-,18-17-,21-20-,24-23-,28-27+,29-25-,35-30+,36-31-/t44-,45-,46+/m0/s1. The quantitative estimate of drug-likeness (QED) is 0.0137. The molecule has 0 fully saturated rings. The van der Waals surface area contributed by atoms with Crippen LogP contribution in [0.15, 0.2) is 97.2 Å². The molecule has 11 nitrogen and oxygen atoms in total. The third-order valence-corrected chi connectivity index (χ3v) is 9.76. The molecular weight excluding hydrogens is 781 g/mol. The predicted molar refractivity (Wildman–Crippen MR) is 245 cm³/mol. The summed E-state index contributed by atoms with van der Waals surface area (Å²) in [4.78, 5) is 35.4. The molecule has 0 aliphatic heterocycles. The SMILES string of the molecule is CCCCC/C=C\C/C=C\C/C=C\C/C=C\CCCC(=O)OC[C@H](COP(=O)(O)OCC[N+](C)(C)C)OC(=O)CCC[C@@H](O)\C=C/C=C/C=C/[C@@H](O)C/C=C\CCCCC. The van der Waals surface area contributed by atoms with Crippen molar-refractivity contribution >= 4 is 19.8 Å². The van der Waals surface area contributed by atoms with Crippen LogP contribution >= 0.6 is 7.82 Å². The van der Waals surface area contributed by atoms with Gasteiger partial charge in [0.05, 0.1) is 40.0 Å². The molecule has 0 amide bonds. The zero-order valence-electron chi connectivity index (χ0n) is 37.6. The average Bonchev–Trinajstić information content (AvgIpc) is 3.19. The summed E-state index contributed by atoms with van der Waals surface area (Å²) in [5.74, 6) is -1.12. The molecule has 0 radical (unpaired) electrons. The molecule has 342 valence electrons. The Morgan fingerprint density at radius 1 is 0.617 bits per heavy atom. The Hall–Kier alpha value is -3.15. The Bertz CT molecular complexity index is 1380. The molecule has 4 atom stereocenters. The number of phosphoric acid groups is 1. The Morgan fingerprint density at radius 2 is 1.13 bits per heavy atom. The summed E-state index contributed by atoms with van der Waals surface area (Å²) < 4.78 is 34.0. The van der Waals surface area contributed by atoms with Crippen molar-refractivity contribution in [3.8, 4) is 0 Å². The molecule has 0 spiro atoms. The molecule has 0 aromatic carbocycles. The van der Waals surface area contributed by atoms with Gasteiger partial charge in [-0.05, 0) is 77.0 Å². The molecule has 12 heteroatoms. The lowest BCUT2D eigenvalue weighted by molar-refractivity contribution is -0.870. The molecule has 1 unspecified atom stereocenters. The number of phosphoric ester groups is 1. The first-order valence-electron chi connectivity index (χ1n) is 22.2. The van der Waals surface area contributed by atoms with Crippen LogP contribution in [0.4, 0.5) is 0 Å². The number of carbonyl (C=O) groups excluding carboxylic acids is 2. The zero-order valence-corrected chi connectivity index (χ0v) is 38.5. The highest BCUT2D eigenvalue weighted by Crippen LogP contribution is 2.43. The summed E-state index contributed by atoms with van der Waals surface area (Å²) >= 11 is 0. The maximum Gasteiger partial charge on any atom is 0.472 e. The highest BCUT2D eigenvalue weighted by molar-refractivity contribution is 7.47. The number of hydrogen-bond donors (Lipinski definition) is 3. The van der Waals surface area contributed by atoms with E-state index in [4.69, 9.17) is 18.5 Å². The summed E-state index contributed by atoms with van der Waals surface area (Å²) in [5.41, 5.74) is 0. The smallest absolute Gasteiger partial charge is 0.462 e. The van der Waals surface area contributed by atoms with Gasteiger partial charge in [0.1, 0.15) is 19.8 Å². The lowest BCUT2D eigenvalue weighted by Crippen LogP contribution is -2.37. The van der Waals surface area contributed by atoms with Crippen molar-refractivity contribution in [3.05, 3.63) is 97.2 Å². The first-order valence-corrected chi connectivity index (χ1v) is 23.7. The second kappa shape index (κ2) is 38.7. The van der Waals surface area contributed by atoms with E-state index in [0.717, 1.165) is 38.5 Å². The van der Waals surface area contributed by atoms with Gasteiger partial charge in [0.15, 0.2) is 6.10 Å². The lowest BCUT2D eigenvalue weighted by Gasteiger charge is -2.24. The van der Waals surface area contributed by atoms with Gasteiger partial charge in [-0.25, -0.2) is 4.57 Å². The molecule has 0 saturated carbocycles. The topological polar surface area (TPSA) is 149 Å². The van der Waals surface area contributed by atoms with Crippen LogP contribution in [-0.2, 0) is 32.7 Å². The molecule has 0 heterocycles. The van der Waals surface area contributed by atoms with Crippen LogP contribution < -0.4 is 0 Å². The van der Waals surface area contributed by atoms with E-state index < -0.39 is 44.7 Å².